The minimum absolute atomic E-state index is 0.0234. The molecule has 1 aliphatic carbocycles. The fourth-order valence-electron chi connectivity index (χ4n) is 8.33. The Hall–Kier alpha value is -5.50. The highest BCUT2D eigenvalue weighted by Gasteiger charge is 2.35. The van der Waals surface area contributed by atoms with Crippen LogP contribution in [0.25, 0.3) is 71.2 Å². The number of thiophene rings is 1. The molecule has 1 aliphatic heterocycles. The summed E-state index contributed by atoms with van der Waals surface area (Å²) in [6.45, 7) is 0. The lowest BCUT2D eigenvalue weighted by Gasteiger charge is -2.42. The zero-order valence-electron chi connectivity index (χ0n) is 27.6. The van der Waals surface area contributed by atoms with Crippen molar-refractivity contribution in [3.8, 4) is 11.1 Å². The van der Waals surface area contributed by atoms with Gasteiger partial charge in [-0.2, -0.15) is 0 Å². The van der Waals surface area contributed by atoms with Crippen LogP contribution in [0.15, 0.2) is 148 Å². The second-order valence-electron chi connectivity index (χ2n) is 13.7. The summed E-state index contributed by atoms with van der Waals surface area (Å²) in [7, 11) is 0. The Labute approximate surface area is 298 Å². The summed E-state index contributed by atoms with van der Waals surface area (Å²) < 4.78 is 14.6. The molecule has 3 N–H and O–H groups in total. The van der Waals surface area contributed by atoms with E-state index in [1.165, 1.54) is 26.1 Å². The molecule has 0 spiro atoms. The largest absolute Gasteiger partial charge is 0.456 e. The predicted octanol–water partition coefficient (Wildman–Crippen LogP) is 11.1. The number of hydrogen-bond acceptors (Lipinski definition) is 6. The lowest BCUT2D eigenvalue weighted by atomic mass is 9.88. The van der Waals surface area contributed by atoms with Gasteiger partial charge in [0.05, 0.1) is 18.5 Å². The molecular weight excluding hydrogens is 647 g/mol. The van der Waals surface area contributed by atoms with E-state index < -0.39 is 0 Å². The average Bonchev–Trinajstić information content (AvgIpc) is 3.88. The van der Waals surface area contributed by atoms with Crippen LogP contribution in [0.4, 0.5) is 0 Å². The van der Waals surface area contributed by atoms with Crippen molar-refractivity contribution in [1.82, 2.24) is 16.0 Å². The van der Waals surface area contributed by atoms with Crippen molar-refractivity contribution in [3.63, 3.8) is 0 Å². The Kier molecular flexibility index (Phi) is 6.61. The van der Waals surface area contributed by atoms with Gasteiger partial charge in [0, 0.05) is 48.2 Å². The standard InChI is InChI=1S/C45H33N3O2S/c1-2-10-26(11-3-1)43-46-44(28-21-23-40-36(24-28)32-13-5-7-19-39(32)51-40)48-45(47-43)35-17-9-16-34-33-15-8-14-29(41(33)50-42(34)35)27-20-22-31-30-12-4-6-18-37(30)49-38(31)25-27/h1-23,25,28,43-48H,24H2. The van der Waals surface area contributed by atoms with Gasteiger partial charge in [-0.25, -0.2) is 0 Å². The molecule has 2 aliphatic rings. The van der Waals surface area contributed by atoms with Gasteiger partial charge < -0.3 is 8.83 Å². The van der Waals surface area contributed by atoms with Gasteiger partial charge in [0.25, 0.3) is 0 Å². The van der Waals surface area contributed by atoms with Crippen molar-refractivity contribution >= 4 is 71.4 Å². The summed E-state index contributed by atoms with van der Waals surface area (Å²) in [6.07, 6.45) is 5.51. The third-order valence-corrected chi connectivity index (χ3v) is 12.0. The molecule has 3 aromatic heterocycles. The Morgan fingerprint density at radius 2 is 1.31 bits per heavy atom. The van der Waals surface area contributed by atoms with Gasteiger partial charge in [0.15, 0.2) is 0 Å². The minimum Gasteiger partial charge on any atom is -0.456 e. The summed E-state index contributed by atoms with van der Waals surface area (Å²) in [5.41, 5.74) is 9.42. The van der Waals surface area contributed by atoms with Gasteiger partial charge >= 0.3 is 0 Å². The molecule has 0 radical (unpaired) electrons. The molecule has 4 atom stereocenters. The van der Waals surface area contributed by atoms with Gasteiger partial charge in [-0.15, -0.1) is 11.3 Å². The molecule has 5 nitrogen and oxygen atoms in total. The maximum absolute atomic E-state index is 6.96. The maximum Gasteiger partial charge on any atom is 0.143 e. The second kappa shape index (κ2) is 11.5. The number of fused-ring (bicyclic) bond motifs is 9. The third-order valence-electron chi connectivity index (χ3n) is 10.8. The first-order valence-corrected chi connectivity index (χ1v) is 18.4. The third kappa shape index (κ3) is 4.72. The van der Waals surface area contributed by atoms with Gasteiger partial charge in [0.2, 0.25) is 0 Å². The Bertz CT molecular complexity index is 2810. The highest BCUT2D eigenvalue weighted by Crippen LogP contribution is 2.42. The van der Waals surface area contributed by atoms with Gasteiger partial charge in [0.1, 0.15) is 22.3 Å². The number of rotatable bonds is 4. The molecule has 4 heterocycles. The van der Waals surface area contributed by atoms with Crippen molar-refractivity contribution in [1.29, 1.82) is 0 Å². The fourth-order valence-corrected chi connectivity index (χ4v) is 9.48. The van der Waals surface area contributed by atoms with Crippen LogP contribution in [0.3, 0.4) is 0 Å². The number of nitrogens with one attached hydrogen (secondary N) is 3. The quantitative estimate of drug-likeness (QED) is 0.173. The summed E-state index contributed by atoms with van der Waals surface area (Å²) >= 11 is 1.89. The Morgan fingerprint density at radius 1 is 0.569 bits per heavy atom. The molecule has 1 saturated heterocycles. The van der Waals surface area contributed by atoms with Crippen LogP contribution >= 0.6 is 11.3 Å². The summed E-state index contributed by atoms with van der Waals surface area (Å²) in [5.74, 6) is 0.265. The number of hydrogen-bond donors (Lipinski definition) is 3. The van der Waals surface area contributed by atoms with Crippen LogP contribution < -0.4 is 16.0 Å². The van der Waals surface area contributed by atoms with Crippen molar-refractivity contribution in [2.24, 2.45) is 5.92 Å². The van der Waals surface area contributed by atoms with Crippen molar-refractivity contribution in [2.75, 3.05) is 0 Å². The van der Waals surface area contributed by atoms with Crippen LogP contribution in [-0.2, 0) is 6.42 Å². The molecule has 51 heavy (non-hydrogen) atoms. The van der Waals surface area contributed by atoms with E-state index in [1.807, 2.05) is 23.5 Å². The zero-order chi connectivity index (χ0) is 33.5. The molecule has 0 amide bonds. The number of para-hydroxylation sites is 3. The lowest BCUT2D eigenvalue weighted by molar-refractivity contribution is 0.170. The summed E-state index contributed by atoms with van der Waals surface area (Å²) in [6, 6.07) is 47.1. The molecule has 4 unspecified atom stereocenters. The molecular formula is C45H33N3O2S. The average molecular weight is 680 g/mol. The predicted molar refractivity (Wildman–Crippen MR) is 210 cm³/mol. The normalized spacial score (nSPS) is 20.5. The molecule has 6 heteroatoms. The Balaban J connectivity index is 1.00. The smallest absolute Gasteiger partial charge is 0.143 e. The van der Waals surface area contributed by atoms with Gasteiger partial charge in [-0.05, 0) is 58.8 Å². The first kappa shape index (κ1) is 29.3. The van der Waals surface area contributed by atoms with E-state index in [1.54, 1.807) is 0 Å². The molecule has 0 bridgehead atoms. The minimum atomic E-state index is -0.157. The maximum atomic E-state index is 6.96. The van der Waals surface area contributed by atoms with Gasteiger partial charge in [-0.1, -0.05) is 115 Å². The fraction of sp³-hybridized carbons (Fsp3) is 0.111. The van der Waals surface area contributed by atoms with E-state index in [0.29, 0.717) is 0 Å². The summed E-state index contributed by atoms with van der Waals surface area (Å²) in [5, 5.41) is 17.6. The van der Waals surface area contributed by atoms with Crippen molar-refractivity contribution < 1.29 is 8.83 Å². The second-order valence-corrected chi connectivity index (χ2v) is 14.8. The van der Waals surface area contributed by atoms with Crippen molar-refractivity contribution in [2.45, 2.75) is 24.9 Å². The van der Waals surface area contributed by atoms with E-state index in [2.05, 4.69) is 149 Å². The molecule has 6 aromatic carbocycles. The highest BCUT2D eigenvalue weighted by atomic mass is 32.1. The monoisotopic (exact) mass is 679 g/mol. The van der Waals surface area contributed by atoms with Gasteiger partial charge in [-0.3, -0.25) is 16.0 Å². The van der Waals surface area contributed by atoms with Crippen LogP contribution in [0, 0.1) is 5.92 Å². The highest BCUT2D eigenvalue weighted by molar-refractivity contribution is 7.20. The SMILES string of the molecule is C1=CC(C2NC(c3ccccc3)NC(c3cccc4c3oc3c(-c5ccc6c(c5)oc5ccccc56)cccc34)N2)Cc2c1sc1ccccc21. The molecule has 1 fully saturated rings. The van der Waals surface area contributed by atoms with E-state index in [9.17, 15) is 0 Å². The number of furan rings is 2. The first-order valence-electron chi connectivity index (χ1n) is 17.6. The molecule has 246 valence electrons. The van der Waals surface area contributed by atoms with E-state index in [-0.39, 0.29) is 24.4 Å². The molecule has 0 saturated carbocycles. The zero-order valence-corrected chi connectivity index (χ0v) is 28.4. The van der Waals surface area contributed by atoms with E-state index in [4.69, 9.17) is 8.83 Å². The molecule has 11 rings (SSSR count). The van der Waals surface area contributed by atoms with Crippen LogP contribution in [0.5, 0.6) is 0 Å². The van der Waals surface area contributed by atoms with Crippen LogP contribution in [0.1, 0.15) is 33.9 Å². The molecule has 9 aromatic rings. The summed E-state index contributed by atoms with van der Waals surface area (Å²) in [4.78, 5) is 1.37. The number of benzene rings is 6. The van der Waals surface area contributed by atoms with Crippen molar-refractivity contribution in [3.05, 3.63) is 161 Å². The topological polar surface area (TPSA) is 62.4 Å². The van der Waals surface area contributed by atoms with Crippen LogP contribution in [0.2, 0.25) is 0 Å². The van der Waals surface area contributed by atoms with E-state index in [0.717, 1.165) is 67.0 Å². The lowest BCUT2D eigenvalue weighted by Crippen LogP contribution is -2.61. The Morgan fingerprint density at radius 3 is 2.24 bits per heavy atom. The van der Waals surface area contributed by atoms with E-state index >= 15 is 0 Å². The van der Waals surface area contributed by atoms with Crippen LogP contribution in [-0.4, -0.2) is 6.17 Å². The first-order chi connectivity index (χ1) is 25.2.